The van der Waals surface area contributed by atoms with Gasteiger partial charge in [-0.15, -0.1) is 11.3 Å². The molecule has 168 valence electrons. The monoisotopic (exact) mass is 497 g/mol. The fraction of sp³-hybridized carbons (Fsp3) is 0.0833. The number of amides is 1. The van der Waals surface area contributed by atoms with E-state index in [1.165, 1.54) is 35.6 Å². The molecule has 0 aliphatic carbocycles. The Morgan fingerprint density at radius 2 is 1.58 bits per heavy atom. The van der Waals surface area contributed by atoms with Crippen molar-refractivity contribution in [3.63, 3.8) is 0 Å². The Kier molecular flexibility index (Phi) is 7.20. The maximum atomic E-state index is 13.1. The average Bonchev–Trinajstić information content (AvgIpc) is 3.28. The number of anilines is 1. The minimum atomic E-state index is -3.96. The van der Waals surface area contributed by atoms with Gasteiger partial charge in [0.25, 0.3) is 0 Å². The van der Waals surface area contributed by atoms with Crippen molar-refractivity contribution in [2.75, 3.05) is 5.32 Å². The molecule has 1 heterocycles. The van der Waals surface area contributed by atoms with Gasteiger partial charge in [-0.1, -0.05) is 72.3 Å². The number of halogens is 1. The van der Waals surface area contributed by atoms with E-state index in [4.69, 9.17) is 11.6 Å². The van der Waals surface area contributed by atoms with E-state index < -0.39 is 22.0 Å². The molecule has 0 saturated heterocycles. The summed E-state index contributed by atoms with van der Waals surface area (Å²) < 4.78 is 28.4. The van der Waals surface area contributed by atoms with E-state index in [0.717, 1.165) is 16.8 Å². The van der Waals surface area contributed by atoms with Gasteiger partial charge in [0, 0.05) is 16.0 Å². The normalized spacial score (nSPS) is 12.3. The molecule has 0 aliphatic rings. The molecule has 0 spiro atoms. The molecule has 9 heteroatoms. The van der Waals surface area contributed by atoms with E-state index >= 15 is 0 Å². The van der Waals surface area contributed by atoms with Crippen LogP contribution in [0.1, 0.15) is 5.56 Å². The number of nitrogens with zero attached hydrogens (tertiary/aromatic N) is 1. The molecule has 0 bridgehead atoms. The molecule has 33 heavy (non-hydrogen) atoms. The molecule has 4 aromatic rings. The zero-order valence-electron chi connectivity index (χ0n) is 17.3. The lowest BCUT2D eigenvalue weighted by Gasteiger charge is -2.18. The summed E-state index contributed by atoms with van der Waals surface area (Å²) in [6, 6.07) is 23.5. The van der Waals surface area contributed by atoms with Crippen molar-refractivity contribution in [2.45, 2.75) is 17.4 Å². The van der Waals surface area contributed by atoms with E-state index in [2.05, 4.69) is 15.0 Å². The van der Waals surface area contributed by atoms with Crippen molar-refractivity contribution in [1.82, 2.24) is 9.71 Å². The smallest absolute Gasteiger partial charge is 0.244 e. The van der Waals surface area contributed by atoms with Crippen LogP contribution in [0.5, 0.6) is 0 Å². The Balaban J connectivity index is 1.56. The maximum absolute atomic E-state index is 13.1. The van der Waals surface area contributed by atoms with Crippen molar-refractivity contribution in [3.05, 3.63) is 101 Å². The van der Waals surface area contributed by atoms with Crippen LogP contribution in [0.2, 0.25) is 5.02 Å². The van der Waals surface area contributed by atoms with Crippen LogP contribution in [0.3, 0.4) is 0 Å². The molecule has 3 aromatic carbocycles. The number of carbonyl (C=O) groups excluding carboxylic acids is 1. The quantitative estimate of drug-likeness (QED) is 0.359. The summed E-state index contributed by atoms with van der Waals surface area (Å²) in [5, 5.41) is 5.41. The van der Waals surface area contributed by atoms with Gasteiger partial charge in [-0.2, -0.15) is 4.72 Å². The summed E-state index contributed by atoms with van der Waals surface area (Å²) in [6.45, 7) is 0. The van der Waals surface area contributed by atoms with E-state index in [1.807, 2.05) is 66.0 Å². The first-order valence-electron chi connectivity index (χ1n) is 10.0. The highest BCUT2D eigenvalue weighted by Gasteiger charge is 2.27. The molecule has 1 aromatic heterocycles. The molecular formula is C24H20ClN3O3S2. The number of rotatable bonds is 8. The van der Waals surface area contributed by atoms with Crippen molar-refractivity contribution in [1.29, 1.82) is 0 Å². The van der Waals surface area contributed by atoms with Crippen LogP contribution in [0.15, 0.2) is 95.2 Å². The van der Waals surface area contributed by atoms with E-state index in [-0.39, 0.29) is 11.3 Å². The minimum absolute atomic E-state index is 0.0263. The third-order valence-corrected chi connectivity index (χ3v) is 7.32. The second-order valence-corrected chi connectivity index (χ2v) is 10.2. The molecular weight excluding hydrogens is 478 g/mol. The first kappa shape index (κ1) is 23.1. The lowest BCUT2D eigenvalue weighted by Crippen LogP contribution is -2.45. The second-order valence-electron chi connectivity index (χ2n) is 7.21. The molecule has 0 saturated carbocycles. The average molecular weight is 498 g/mol. The predicted octanol–water partition coefficient (Wildman–Crippen LogP) is 4.99. The van der Waals surface area contributed by atoms with Crippen LogP contribution < -0.4 is 10.0 Å². The Bertz CT molecular complexity index is 1330. The molecule has 0 aliphatic heterocycles. The Labute approximate surface area is 201 Å². The fourth-order valence-electron chi connectivity index (χ4n) is 3.17. The number of nitrogens with one attached hydrogen (secondary N) is 2. The second kappa shape index (κ2) is 10.3. The van der Waals surface area contributed by atoms with Crippen LogP contribution in [-0.4, -0.2) is 25.4 Å². The van der Waals surface area contributed by atoms with Crippen LogP contribution >= 0.6 is 22.9 Å². The third-order valence-electron chi connectivity index (χ3n) is 4.82. The van der Waals surface area contributed by atoms with Gasteiger partial charge in [-0.3, -0.25) is 4.79 Å². The van der Waals surface area contributed by atoms with Crippen LogP contribution in [0.25, 0.3) is 11.3 Å². The number of hydrogen-bond donors (Lipinski definition) is 2. The van der Waals surface area contributed by atoms with Crippen molar-refractivity contribution < 1.29 is 13.2 Å². The molecule has 1 unspecified atom stereocenters. The number of hydrogen-bond acceptors (Lipinski definition) is 5. The van der Waals surface area contributed by atoms with E-state index in [1.54, 1.807) is 0 Å². The van der Waals surface area contributed by atoms with Crippen LogP contribution in [-0.2, 0) is 21.2 Å². The van der Waals surface area contributed by atoms with E-state index in [9.17, 15) is 13.2 Å². The number of aromatic nitrogens is 1. The van der Waals surface area contributed by atoms with Crippen molar-refractivity contribution in [3.8, 4) is 11.3 Å². The molecule has 0 fully saturated rings. The van der Waals surface area contributed by atoms with Gasteiger partial charge in [0.05, 0.1) is 10.6 Å². The maximum Gasteiger partial charge on any atom is 0.244 e. The molecule has 4 rings (SSSR count). The van der Waals surface area contributed by atoms with Crippen LogP contribution in [0, 0.1) is 0 Å². The number of sulfonamides is 1. The number of carbonyl (C=O) groups is 1. The third kappa shape index (κ3) is 6.06. The summed E-state index contributed by atoms with van der Waals surface area (Å²) in [5.41, 5.74) is 2.48. The number of thiazole rings is 1. The first-order valence-corrected chi connectivity index (χ1v) is 12.8. The van der Waals surface area contributed by atoms with Crippen molar-refractivity contribution >= 4 is 44.0 Å². The summed E-state index contributed by atoms with van der Waals surface area (Å²) in [4.78, 5) is 17.6. The summed E-state index contributed by atoms with van der Waals surface area (Å²) in [5.74, 6) is -0.495. The zero-order chi connectivity index (χ0) is 23.3. The number of benzene rings is 3. The lowest BCUT2D eigenvalue weighted by atomic mass is 10.1. The molecule has 6 nitrogen and oxygen atoms in total. The highest BCUT2D eigenvalue weighted by Crippen LogP contribution is 2.25. The Hall–Kier alpha value is -3.04. The van der Waals surface area contributed by atoms with Crippen LogP contribution in [0.4, 0.5) is 5.13 Å². The van der Waals surface area contributed by atoms with Gasteiger partial charge in [-0.25, -0.2) is 13.4 Å². The summed E-state index contributed by atoms with van der Waals surface area (Å²) >= 11 is 7.15. The van der Waals surface area contributed by atoms with Gasteiger partial charge < -0.3 is 5.32 Å². The highest BCUT2D eigenvalue weighted by atomic mass is 35.5. The highest BCUT2D eigenvalue weighted by molar-refractivity contribution is 7.89. The lowest BCUT2D eigenvalue weighted by molar-refractivity contribution is -0.117. The van der Waals surface area contributed by atoms with Gasteiger partial charge >= 0.3 is 0 Å². The summed E-state index contributed by atoms with van der Waals surface area (Å²) in [7, 11) is -3.96. The predicted molar refractivity (Wildman–Crippen MR) is 132 cm³/mol. The van der Waals surface area contributed by atoms with Gasteiger partial charge in [0.15, 0.2) is 5.13 Å². The van der Waals surface area contributed by atoms with Gasteiger partial charge in [0.1, 0.15) is 6.04 Å². The summed E-state index contributed by atoms with van der Waals surface area (Å²) in [6.07, 6.45) is 0.177. The Morgan fingerprint density at radius 1 is 0.939 bits per heavy atom. The topological polar surface area (TPSA) is 88.2 Å². The van der Waals surface area contributed by atoms with E-state index in [0.29, 0.717) is 10.2 Å². The molecule has 0 radical (unpaired) electrons. The first-order chi connectivity index (χ1) is 15.9. The molecule has 1 atom stereocenters. The molecule has 1 amide bonds. The largest absolute Gasteiger partial charge is 0.301 e. The van der Waals surface area contributed by atoms with Gasteiger partial charge in [-0.05, 0) is 36.2 Å². The Morgan fingerprint density at radius 3 is 2.24 bits per heavy atom. The standard InChI is InChI=1S/C24H20ClN3O3S2/c25-19-11-13-20(14-12-19)33(30,31)28-21(15-17-7-3-1-4-8-17)23(29)27-24-26-22(16-32-24)18-9-5-2-6-10-18/h1-14,16,21,28H,15H2,(H,26,27,29). The van der Waals surface area contributed by atoms with Gasteiger partial charge in [0.2, 0.25) is 15.9 Å². The fourth-order valence-corrected chi connectivity index (χ4v) is 5.22. The SMILES string of the molecule is O=C(Nc1nc(-c2ccccc2)cs1)C(Cc1ccccc1)NS(=O)(=O)c1ccc(Cl)cc1. The zero-order valence-corrected chi connectivity index (χ0v) is 19.7. The molecule has 2 N–H and O–H groups in total. The van der Waals surface area contributed by atoms with Crippen molar-refractivity contribution in [2.24, 2.45) is 0 Å². The minimum Gasteiger partial charge on any atom is -0.301 e.